The monoisotopic (exact) mass is 204 g/mol. The molecule has 3 aliphatic carbocycles. The zero-order chi connectivity index (χ0) is 10.8. The molecule has 0 heterocycles. The topological polar surface area (TPSA) is 0 Å². The fraction of sp³-hybridized carbons (Fsp3) is 0.867. The van der Waals surface area contributed by atoms with Crippen LogP contribution in [0.3, 0.4) is 0 Å². The zero-order valence-corrected chi connectivity index (χ0v) is 10.6. The Labute approximate surface area is 94.1 Å². The molecule has 0 aliphatic heterocycles. The first-order valence-electron chi connectivity index (χ1n) is 6.63. The van der Waals surface area contributed by atoms with Crippen molar-refractivity contribution in [1.29, 1.82) is 0 Å². The molecule has 3 aliphatic rings. The molecule has 0 aromatic rings. The van der Waals surface area contributed by atoms with E-state index >= 15 is 0 Å². The van der Waals surface area contributed by atoms with Gasteiger partial charge in [0.15, 0.2) is 0 Å². The molecule has 84 valence electrons. The van der Waals surface area contributed by atoms with Gasteiger partial charge in [0.1, 0.15) is 0 Å². The number of allylic oxidation sites excluding steroid dienone is 2. The predicted molar refractivity (Wildman–Crippen MR) is 64.6 cm³/mol. The van der Waals surface area contributed by atoms with E-state index in [1.54, 1.807) is 5.57 Å². The SMILES string of the molecule is CC1C=C2CC3(C)CC(C)(CC1C)CC23. The molecule has 2 saturated carbocycles. The van der Waals surface area contributed by atoms with E-state index in [0.29, 0.717) is 10.8 Å². The summed E-state index contributed by atoms with van der Waals surface area (Å²) in [6.45, 7) is 9.94. The van der Waals surface area contributed by atoms with Crippen LogP contribution in [0.25, 0.3) is 0 Å². The van der Waals surface area contributed by atoms with Gasteiger partial charge < -0.3 is 0 Å². The second kappa shape index (κ2) is 2.70. The Hall–Kier alpha value is -0.260. The summed E-state index contributed by atoms with van der Waals surface area (Å²) < 4.78 is 0. The molecule has 3 rings (SSSR count). The normalized spacial score (nSPS) is 57.9. The quantitative estimate of drug-likeness (QED) is 0.513. The molecular weight excluding hydrogens is 180 g/mol. The van der Waals surface area contributed by atoms with Gasteiger partial charge in [-0.25, -0.2) is 0 Å². The molecule has 0 saturated heterocycles. The Morgan fingerprint density at radius 3 is 2.67 bits per heavy atom. The molecule has 15 heavy (non-hydrogen) atoms. The standard InChI is InChI=1S/C15H24/c1-10-5-12-7-15(4)9-14(3,6-11(10)2)8-13(12)15/h5,10-11,13H,6-9H2,1-4H3. The van der Waals surface area contributed by atoms with Crippen LogP contribution in [0.2, 0.25) is 0 Å². The van der Waals surface area contributed by atoms with Gasteiger partial charge in [-0.05, 0) is 54.3 Å². The molecule has 0 radical (unpaired) electrons. The molecule has 5 atom stereocenters. The molecule has 0 aromatic carbocycles. The van der Waals surface area contributed by atoms with Crippen molar-refractivity contribution in [2.75, 3.05) is 0 Å². The van der Waals surface area contributed by atoms with Gasteiger partial charge in [-0.3, -0.25) is 0 Å². The fourth-order valence-corrected chi connectivity index (χ4v) is 4.93. The van der Waals surface area contributed by atoms with Crippen LogP contribution in [0.1, 0.15) is 53.4 Å². The number of hydrogen-bond acceptors (Lipinski definition) is 0. The molecule has 0 heteroatoms. The van der Waals surface area contributed by atoms with Crippen molar-refractivity contribution in [3.63, 3.8) is 0 Å². The Bertz CT molecular complexity index is 327. The summed E-state index contributed by atoms with van der Waals surface area (Å²) in [6.07, 6.45) is 8.43. The lowest BCUT2D eigenvalue weighted by Crippen LogP contribution is -2.35. The summed E-state index contributed by atoms with van der Waals surface area (Å²) in [5, 5.41) is 0. The summed E-state index contributed by atoms with van der Waals surface area (Å²) in [5.41, 5.74) is 3.15. The lowest BCUT2D eigenvalue weighted by atomic mass is 9.59. The van der Waals surface area contributed by atoms with E-state index in [1.165, 1.54) is 25.7 Å². The summed E-state index contributed by atoms with van der Waals surface area (Å²) in [6, 6.07) is 0. The first-order valence-corrected chi connectivity index (χ1v) is 6.63. The Balaban J connectivity index is 2.01. The van der Waals surface area contributed by atoms with Crippen molar-refractivity contribution in [3.05, 3.63) is 11.6 Å². The molecule has 2 fully saturated rings. The lowest BCUT2D eigenvalue weighted by Gasteiger charge is -2.45. The van der Waals surface area contributed by atoms with Gasteiger partial charge in [0, 0.05) is 0 Å². The largest absolute Gasteiger partial charge is 0.0819 e. The third-order valence-corrected chi connectivity index (χ3v) is 5.61. The molecule has 0 nitrogen and oxygen atoms in total. The van der Waals surface area contributed by atoms with E-state index in [4.69, 9.17) is 0 Å². The van der Waals surface area contributed by atoms with Gasteiger partial charge in [-0.1, -0.05) is 39.3 Å². The van der Waals surface area contributed by atoms with Gasteiger partial charge in [-0.15, -0.1) is 0 Å². The molecule has 2 bridgehead atoms. The molecule has 0 spiro atoms. The molecule has 0 amide bonds. The van der Waals surface area contributed by atoms with E-state index in [9.17, 15) is 0 Å². The summed E-state index contributed by atoms with van der Waals surface area (Å²) >= 11 is 0. The summed E-state index contributed by atoms with van der Waals surface area (Å²) in [4.78, 5) is 0. The van der Waals surface area contributed by atoms with Crippen LogP contribution in [0.4, 0.5) is 0 Å². The van der Waals surface area contributed by atoms with Crippen LogP contribution in [0.15, 0.2) is 11.6 Å². The van der Waals surface area contributed by atoms with E-state index in [2.05, 4.69) is 33.8 Å². The second-order valence-electron chi connectivity index (χ2n) is 7.36. The first kappa shape index (κ1) is 9.93. The maximum atomic E-state index is 2.61. The maximum absolute atomic E-state index is 2.61. The minimum atomic E-state index is 0.656. The molecular formula is C15H24. The van der Waals surface area contributed by atoms with Gasteiger partial charge in [0.05, 0.1) is 0 Å². The first-order chi connectivity index (χ1) is 6.92. The van der Waals surface area contributed by atoms with E-state index in [-0.39, 0.29) is 0 Å². The number of rotatable bonds is 0. The van der Waals surface area contributed by atoms with Crippen molar-refractivity contribution in [1.82, 2.24) is 0 Å². The van der Waals surface area contributed by atoms with Crippen molar-refractivity contribution < 1.29 is 0 Å². The highest BCUT2D eigenvalue weighted by atomic mass is 14.6. The van der Waals surface area contributed by atoms with Crippen LogP contribution in [0, 0.1) is 28.6 Å². The third-order valence-electron chi connectivity index (χ3n) is 5.61. The van der Waals surface area contributed by atoms with Crippen LogP contribution in [-0.2, 0) is 0 Å². The number of hydrogen-bond donors (Lipinski definition) is 0. The van der Waals surface area contributed by atoms with Crippen LogP contribution >= 0.6 is 0 Å². The highest BCUT2D eigenvalue weighted by Gasteiger charge is 2.58. The average Bonchev–Trinajstić information content (AvgIpc) is 2.33. The average molecular weight is 204 g/mol. The number of fused-ring (bicyclic) bond motifs is 1. The Morgan fingerprint density at radius 1 is 1.20 bits per heavy atom. The molecule has 0 N–H and O–H groups in total. The van der Waals surface area contributed by atoms with E-state index in [0.717, 1.165) is 17.8 Å². The van der Waals surface area contributed by atoms with E-state index < -0.39 is 0 Å². The maximum Gasteiger partial charge on any atom is -0.0140 e. The van der Waals surface area contributed by atoms with Crippen molar-refractivity contribution in [3.8, 4) is 0 Å². The van der Waals surface area contributed by atoms with E-state index in [1.807, 2.05) is 0 Å². The fourth-order valence-electron chi connectivity index (χ4n) is 4.93. The summed E-state index contributed by atoms with van der Waals surface area (Å²) in [5.74, 6) is 2.65. The van der Waals surface area contributed by atoms with Gasteiger partial charge >= 0.3 is 0 Å². The van der Waals surface area contributed by atoms with Crippen LogP contribution in [-0.4, -0.2) is 0 Å². The zero-order valence-electron chi connectivity index (χ0n) is 10.6. The smallest absolute Gasteiger partial charge is 0.0140 e. The van der Waals surface area contributed by atoms with Crippen LogP contribution in [0.5, 0.6) is 0 Å². The lowest BCUT2D eigenvalue weighted by molar-refractivity contribution is 0.162. The minimum absolute atomic E-state index is 0.656. The third kappa shape index (κ3) is 1.26. The van der Waals surface area contributed by atoms with Crippen LogP contribution < -0.4 is 0 Å². The Kier molecular flexibility index (Phi) is 1.79. The van der Waals surface area contributed by atoms with Gasteiger partial charge in [0.2, 0.25) is 0 Å². The molecule has 0 aromatic heterocycles. The van der Waals surface area contributed by atoms with Crippen molar-refractivity contribution >= 4 is 0 Å². The summed E-state index contributed by atoms with van der Waals surface area (Å²) in [7, 11) is 0. The second-order valence-corrected chi connectivity index (χ2v) is 7.36. The highest BCUT2D eigenvalue weighted by Crippen LogP contribution is 2.68. The van der Waals surface area contributed by atoms with Gasteiger partial charge in [0.25, 0.3) is 0 Å². The Morgan fingerprint density at radius 2 is 1.93 bits per heavy atom. The predicted octanol–water partition coefficient (Wildman–Crippen LogP) is 4.42. The highest BCUT2D eigenvalue weighted by molar-refractivity contribution is 5.29. The van der Waals surface area contributed by atoms with Gasteiger partial charge in [-0.2, -0.15) is 0 Å². The van der Waals surface area contributed by atoms with Crippen molar-refractivity contribution in [2.45, 2.75) is 53.4 Å². The minimum Gasteiger partial charge on any atom is -0.0819 e. The van der Waals surface area contributed by atoms with Crippen molar-refractivity contribution in [2.24, 2.45) is 28.6 Å². The molecule has 5 unspecified atom stereocenters.